The second-order valence-electron chi connectivity index (χ2n) is 15.4. The fraction of sp³-hybridized carbons (Fsp3) is 0.833. The van der Waals surface area contributed by atoms with E-state index in [0.29, 0.717) is 11.8 Å². The molecule has 0 unspecified atom stereocenters. The molecular formula is C36H62N10S6. The van der Waals surface area contributed by atoms with Gasteiger partial charge >= 0.3 is 0 Å². The lowest BCUT2D eigenvalue weighted by Crippen LogP contribution is -2.57. The summed E-state index contributed by atoms with van der Waals surface area (Å²) in [6.45, 7) is 15.6. The summed E-state index contributed by atoms with van der Waals surface area (Å²) in [6.07, 6.45) is 18.5. The third-order valence-corrected chi connectivity index (χ3v) is 18.4. The van der Waals surface area contributed by atoms with Crippen molar-refractivity contribution in [2.45, 2.75) is 104 Å². The first-order chi connectivity index (χ1) is 25.4. The Morgan fingerprint density at radius 1 is 0.462 bits per heavy atom. The SMILES string of the molecule is CCCCCCCCC1CN2C(=S)N3CCNCCN4C(=S)N5CC(CCCCCCCC)CN6C(=S)N(CCNCCN7C(=S)N(C1)C2=S37)S4=C56. The monoisotopic (exact) mass is 826 g/mol. The molecule has 10 nitrogen and oxygen atoms in total. The second-order valence-corrected chi connectivity index (χ2v) is 20.4. The van der Waals surface area contributed by atoms with Gasteiger partial charge in [0.15, 0.2) is 30.7 Å². The van der Waals surface area contributed by atoms with Gasteiger partial charge in [-0.1, -0.05) is 90.9 Å². The highest BCUT2D eigenvalue weighted by Crippen LogP contribution is 2.46. The van der Waals surface area contributed by atoms with Crippen LogP contribution in [0.25, 0.3) is 0 Å². The van der Waals surface area contributed by atoms with E-state index in [-0.39, 0.29) is 21.7 Å². The Morgan fingerprint density at radius 2 is 0.750 bits per heavy atom. The van der Waals surface area contributed by atoms with Gasteiger partial charge in [-0.25, -0.2) is 0 Å². The molecule has 16 heteroatoms. The second kappa shape index (κ2) is 18.4. The van der Waals surface area contributed by atoms with Gasteiger partial charge in [-0.2, -0.15) is 0 Å². The topological polar surface area (TPSA) is 50.0 Å². The van der Waals surface area contributed by atoms with E-state index in [1.165, 1.54) is 100 Å². The van der Waals surface area contributed by atoms with E-state index < -0.39 is 0 Å². The van der Waals surface area contributed by atoms with Gasteiger partial charge in [-0.15, -0.1) is 0 Å². The maximum absolute atomic E-state index is 6.26. The third kappa shape index (κ3) is 8.02. The van der Waals surface area contributed by atoms with Crippen LogP contribution < -0.4 is 10.6 Å². The summed E-state index contributed by atoms with van der Waals surface area (Å²) >= 11 is 25.0. The Labute approximate surface area is 340 Å². The standard InChI is InChI=1S/C36H62N10S6/c1-3-5-7-9-11-13-15-29-25-39-31(47)43-21-17-37-19-23-45-33(49)41-27-30(16-14-12-10-8-6-4-2)28-42-34(50)46(52(45)36(41)42)24-20-38-18-22-44-32(48)40(26-29)35(39)51(43)44/h29-30,37-38H,3-28H2,1-2H3. The zero-order valence-electron chi connectivity index (χ0n) is 31.6. The molecule has 0 radical (unpaired) electrons. The molecule has 0 atom stereocenters. The van der Waals surface area contributed by atoms with Crippen molar-refractivity contribution in [3.8, 4) is 0 Å². The van der Waals surface area contributed by atoms with E-state index in [4.69, 9.17) is 48.9 Å². The lowest BCUT2D eigenvalue weighted by Gasteiger charge is -2.41. The predicted octanol–water partition coefficient (Wildman–Crippen LogP) is 5.92. The molecule has 292 valence electrons. The fourth-order valence-corrected chi connectivity index (χ4v) is 15.6. The molecule has 0 aliphatic carbocycles. The highest BCUT2D eigenvalue weighted by molar-refractivity contribution is 8.15. The van der Waals surface area contributed by atoms with Gasteiger partial charge in [0, 0.05) is 78.5 Å². The van der Waals surface area contributed by atoms with Gasteiger partial charge in [-0.05, 0) is 73.5 Å². The highest BCUT2D eigenvalue weighted by atomic mass is 32.2. The summed E-state index contributed by atoms with van der Waals surface area (Å²) in [5.41, 5.74) is 0. The van der Waals surface area contributed by atoms with Crippen molar-refractivity contribution in [2.24, 2.45) is 11.8 Å². The van der Waals surface area contributed by atoms with E-state index in [9.17, 15) is 0 Å². The molecule has 7 aliphatic heterocycles. The molecule has 0 aromatic carbocycles. The molecule has 0 aromatic heterocycles. The zero-order chi connectivity index (χ0) is 36.2. The van der Waals surface area contributed by atoms with Gasteiger partial charge < -0.3 is 10.6 Å². The Balaban J connectivity index is 1.00. The molecular weight excluding hydrogens is 765 g/mol. The molecule has 0 amide bonds. The van der Waals surface area contributed by atoms with Crippen molar-refractivity contribution in [1.29, 1.82) is 0 Å². The molecule has 3 saturated heterocycles. The van der Waals surface area contributed by atoms with Crippen LogP contribution in [0.2, 0.25) is 0 Å². The number of hydrogen-bond acceptors (Lipinski definition) is 6. The number of thiocarbonyl (C=S) groups is 4. The van der Waals surface area contributed by atoms with Crippen LogP contribution in [-0.4, -0.2) is 146 Å². The summed E-state index contributed by atoms with van der Waals surface area (Å²) in [6, 6.07) is 0. The Kier molecular flexibility index (Phi) is 13.9. The molecule has 7 aliphatic rings. The predicted molar refractivity (Wildman–Crippen MR) is 238 cm³/mol. The first-order valence-electron chi connectivity index (χ1n) is 20.4. The summed E-state index contributed by atoms with van der Waals surface area (Å²) in [5, 5.41) is 14.2. The average Bonchev–Trinajstić information content (AvgIpc) is 3.78. The van der Waals surface area contributed by atoms with E-state index >= 15 is 0 Å². The van der Waals surface area contributed by atoms with E-state index in [2.05, 4.69) is 61.3 Å². The van der Waals surface area contributed by atoms with Crippen molar-refractivity contribution in [2.75, 3.05) is 78.5 Å². The summed E-state index contributed by atoms with van der Waals surface area (Å²) < 4.78 is 9.89. The molecule has 7 heterocycles. The van der Waals surface area contributed by atoms with Crippen LogP contribution in [0.3, 0.4) is 0 Å². The van der Waals surface area contributed by atoms with Crippen LogP contribution in [0.5, 0.6) is 0 Å². The Morgan fingerprint density at radius 3 is 1.06 bits per heavy atom. The number of nitrogens with zero attached hydrogens (tertiary/aromatic N) is 8. The number of unbranched alkanes of at least 4 members (excludes halogenated alkanes) is 10. The Bertz CT molecular complexity index is 1240. The van der Waals surface area contributed by atoms with E-state index in [1.807, 2.05) is 0 Å². The van der Waals surface area contributed by atoms with Gasteiger partial charge in [0.2, 0.25) is 0 Å². The van der Waals surface area contributed by atoms with Crippen LogP contribution in [0.4, 0.5) is 0 Å². The third-order valence-electron chi connectivity index (χ3n) is 11.5. The molecule has 2 N–H and O–H groups in total. The normalized spacial score (nSPS) is 25.9. The highest BCUT2D eigenvalue weighted by Gasteiger charge is 2.52. The van der Waals surface area contributed by atoms with Crippen molar-refractivity contribution in [3.63, 3.8) is 0 Å². The van der Waals surface area contributed by atoms with Crippen LogP contribution in [0.1, 0.15) is 104 Å². The minimum Gasteiger partial charge on any atom is -0.313 e. The first-order valence-corrected chi connectivity index (χ1v) is 24.4. The van der Waals surface area contributed by atoms with Gasteiger partial charge in [0.1, 0.15) is 0 Å². The van der Waals surface area contributed by atoms with Gasteiger partial charge in [0.05, 0.1) is 21.7 Å². The lowest BCUT2D eigenvalue weighted by atomic mass is 9.97. The maximum atomic E-state index is 6.26. The maximum Gasteiger partial charge on any atom is 0.188 e. The van der Waals surface area contributed by atoms with Crippen molar-refractivity contribution in [3.05, 3.63) is 0 Å². The van der Waals surface area contributed by atoms with Crippen molar-refractivity contribution >= 4 is 101 Å². The molecule has 3 fully saturated rings. The summed E-state index contributed by atoms with van der Waals surface area (Å²) in [7, 11) is -0.544. The fourth-order valence-electron chi connectivity index (χ4n) is 8.75. The van der Waals surface area contributed by atoms with E-state index in [0.717, 1.165) is 99.0 Å². The van der Waals surface area contributed by atoms with E-state index in [1.54, 1.807) is 0 Å². The number of nitrogens with one attached hydrogen (secondary N) is 2. The first kappa shape index (κ1) is 39.4. The van der Waals surface area contributed by atoms with Crippen molar-refractivity contribution < 1.29 is 0 Å². The Hall–Kier alpha value is -0.880. The summed E-state index contributed by atoms with van der Waals surface area (Å²) in [4.78, 5) is 9.82. The minimum atomic E-state index is -0.272. The summed E-state index contributed by atoms with van der Waals surface area (Å²) in [5.74, 6) is 1.18. The quantitative estimate of drug-likeness (QED) is 0.161. The average molecular weight is 827 g/mol. The van der Waals surface area contributed by atoms with Crippen LogP contribution in [-0.2, 0) is 0 Å². The molecule has 0 saturated carbocycles. The zero-order valence-corrected chi connectivity index (χ0v) is 36.5. The number of rotatable bonds is 14. The van der Waals surface area contributed by atoms with Crippen LogP contribution in [0.15, 0.2) is 0 Å². The lowest BCUT2D eigenvalue weighted by molar-refractivity contribution is 0.280. The number of hydrogen-bond donors (Lipinski definition) is 2. The molecule has 7 rings (SSSR count). The molecule has 0 bridgehead atoms. The largest absolute Gasteiger partial charge is 0.313 e. The minimum absolute atomic E-state index is 0.272. The van der Waals surface area contributed by atoms with Crippen molar-refractivity contribution in [1.82, 2.24) is 47.5 Å². The van der Waals surface area contributed by atoms with Crippen LogP contribution in [0, 0.1) is 11.8 Å². The molecule has 0 spiro atoms. The molecule has 52 heavy (non-hydrogen) atoms. The molecule has 0 aromatic rings. The van der Waals surface area contributed by atoms with Gasteiger partial charge in [-0.3, -0.25) is 36.8 Å². The van der Waals surface area contributed by atoms with Gasteiger partial charge in [0.25, 0.3) is 0 Å². The smallest absolute Gasteiger partial charge is 0.188 e. The van der Waals surface area contributed by atoms with Crippen LogP contribution >= 0.6 is 70.6 Å².